The number of benzene rings is 2. The van der Waals surface area contributed by atoms with E-state index in [1.165, 1.54) is 6.07 Å². The molecule has 0 saturated carbocycles. The second kappa shape index (κ2) is 8.20. The molecule has 0 aliphatic rings. The molecule has 6 heteroatoms. The smallest absolute Gasteiger partial charge is 0.257 e. The third kappa shape index (κ3) is 4.42. The molecule has 3 rings (SSSR count). The van der Waals surface area contributed by atoms with Gasteiger partial charge in [-0.05, 0) is 48.7 Å². The van der Waals surface area contributed by atoms with Gasteiger partial charge in [0.1, 0.15) is 11.6 Å². The molecule has 0 spiro atoms. The minimum Gasteiger partial charge on any atom is -0.368 e. The summed E-state index contributed by atoms with van der Waals surface area (Å²) in [5, 5.41) is 13.8. The number of hydrogen-bond donors (Lipinski definition) is 2. The van der Waals surface area contributed by atoms with Gasteiger partial charge in [-0.2, -0.15) is 0 Å². The number of carbonyl (C=O) groups is 1. The fraction of sp³-hybridized carbons (Fsp3) is 0.150. The number of aromatic nitrogens is 2. The van der Waals surface area contributed by atoms with Crippen LogP contribution in [0.2, 0.25) is 0 Å². The summed E-state index contributed by atoms with van der Waals surface area (Å²) in [6.07, 6.45) is 0.542. The third-order valence-corrected chi connectivity index (χ3v) is 3.95. The van der Waals surface area contributed by atoms with Crippen LogP contribution in [0.25, 0.3) is 0 Å². The van der Waals surface area contributed by atoms with E-state index in [4.69, 9.17) is 0 Å². The maximum absolute atomic E-state index is 13.6. The summed E-state index contributed by atoms with van der Waals surface area (Å²) in [7, 11) is 0. The quantitative estimate of drug-likeness (QED) is 0.709. The lowest BCUT2D eigenvalue weighted by molar-refractivity contribution is 0.102. The zero-order valence-corrected chi connectivity index (χ0v) is 14.4. The van der Waals surface area contributed by atoms with Crippen LogP contribution in [0.5, 0.6) is 0 Å². The summed E-state index contributed by atoms with van der Waals surface area (Å²) in [5.41, 5.74) is 2.14. The summed E-state index contributed by atoms with van der Waals surface area (Å²) in [6.45, 7) is 2.41. The van der Waals surface area contributed by atoms with Crippen molar-refractivity contribution in [2.75, 3.05) is 17.2 Å². The molecule has 0 fully saturated rings. The number of nitrogens with one attached hydrogen (secondary N) is 2. The van der Waals surface area contributed by atoms with Gasteiger partial charge in [0.15, 0.2) is 5.82 Å². The van der Waals surface area contributed by atoms with Gasteiger partial charge in [0.2, 0.25) is 0 Å². The van der Waals surface area contributed by atoms with Gasteiger partial charge in [0.05, 0.1) is 0 Å². The third-order valence-electron chi connectivity index (χ3n) is 3.95. The van der Waals surface area contributed by atoms with Gasteiger partial charge in [-0.3, -0.25) is 4.79 Å². The van der Waals surface area contributed by atoms with E-state index in [0.717, 1.165) is 5.56 Å². The van der Waals surface area contributed by atoms with Crippen molar-refractivity contribution in [3.8, 4) is 0 Å². The minimum atomic E-state index is -0.224. The number of anilines is 2. The highest BCUT2D eigenvalue weighted by atomic mass is 19.1. The van der Waals surface area contributed by atoms with Crippen LogP contribution >= 0.6 is 0 Å². The highest BCUT2D eigenvalue weighted by molar-refractivity contribution is 6.04. The van der Waals surface area contributed by atoms with Crippen LogP contribution in [0, 0.1) is 12.7 Å². The van der Waals surface area contributed by atoms with Gasteiger partial charge >= 0.3 is 0 Å². The minimum absolute atomic E-state index is 0.213. The summed E-state index contributed by atoms with van der Waals surface area (Å²) in [4.78, 5) is 12.3. The maximum atomic E-state index is 13.6. The molecule has 0 atom stereocenters. The largest absolute Gasteiger partial charge is 0.368 e. The molecule has 26 heavy (non-hydrogen) atoms. The standard InChI is InChI=1S/C20H19FN4O/c1-14-6-2-4-8-16(14)20(26)23-19-11-10-18(24-25-19)22-13-12-15-7-3-5-9-17(15)21/h2-11H,12-13H2,1H3,(H,22,24)(H,23,25,26). The molecule has 1 aromatic heterocycles. The van der Waals surface area contributed by atoms with Gasteiger partial charge < -0.3 is 10.6 Å². The van der Waals surface area contributed by atoms with Gasteiger partial charge in [-0.15, -0.1) is 10.2 Å². The molecule has 0 aliphatic heterocycles. The van der Waals surface area contributed by atoms with Crippen molar-refractivity contribution < 1.29 is 9.18 Å². The van der Waals surface area contributed by atoms with Crippen LogP contribution in [0.3, 0.4) is 0 Å². The van der Waals surface area contributed by atoms with E-state index in [0.29, 0.717) is 35.7 Å². The lowest BCUT2D eigenvalue weighted by Gasteiger charge is -2.08. The van der Waals surface area contributed by atoms with Crippen molar-refractivity contribution >= 4 is 17.5 Å². The van der Waals surface area contributed by atoms with Crippen molar-refractivity contribution in [1.82, 2.24) is 10.2 Å². The van der Waals surface area contributed by atoms with E-state index in [-0.39, 0.29) is 11.7 Å². The van der Waals surface area contributed by atoms with E-state index in [9.17, 15) is 9.18 Å². The Morgan fingerprint density at radius 3 is 2.38 bits per heavy atom. The summed E-state index contributed by atoms with van der Waals surface area (Å²) in [6, 6.07) is 17.4. The fourth-order valence-corrected chi connectivity index (χ4v) is 2.53. The monoisotopic (exact) mass is 350 g/mol. The molecule has 0 radical (unpaired) electrons. The summed E-state index contributed by atoms with van der Waals surface area (Å²) < 4.78 is 13.6. The normalized spacial score (nSPS) is 10.4. The van der Waals surface area contributed by atoms with Crippen molar-refractivity contribution in [3.05, 3.63) is 83.2 Å². The summed E-state index contributed by atoms with van der Waals surface area (Å²) in [5.74, 6) is 0.500. The van der Waals surface area contributed by atoms with Crippen molar-refractivity contribution in [2.24, 2.45) is 0 Å². The predicted molar refractivity (Wildman–Crippen MR) is 99.8 cm³/mol. The van der Waals surface area contributed by atoms with Crippen LogP contribution in [-0.2, 0) is 6.42 Å². The average molecular weight is 350 g/mol. The molecule has 132 valence electrons. The Hall–Kier alpha value is -3.28. The Morgan fingerprint density at radius 1 is 0.962 bits per heavy atom. The Bertz CT molecular complexity index is 896. The number of amides is 1. The molecule has 3 aromatic rings. The molecule has 5 nitrogen and oxygen atoms in total. The first-order valence-electron chi connectivity index (χ1n) is 8.31. The lowest BCUT2D eigenvalue weighted by atomic mass is 10.1. The molecule has 1 heterocycles. The molecular formula is C20H19FN4O. The van der Waals surface area contributed by atoms with Gasteiger partial charge in [0, 0.05) is 12.1 Å². The Balaban J connectivity index is 1.54. The Morgan fingerprint density at radius 2 is 1.65 bits per heavy atom. The first-order chi connectivity index (χ1) is 12.6. The average Bonchev–Trinajstić information content (AvgIpc) is 2.65. The lowest BCUT2D eigenvalue weighted by Crippen LogP contribution is -2.15. The molecule has 0 bridgehead atoms. The first kappa shape index (κ1) is 17.5. The second-order valence-electron chi connectivity index (χ2n) is 5.84. The van der Waals surface area contributed by atoms with Crippen molar-refractivity contribution in [3.63, 3.8) is 0 Å². The number of hydrogen-bond acceptors (Lipinski definition) is 4. The van der Waals surface area contributed by atoms with E-state index >= 15 is 0 Å². The number of rotatable bonds is 6. The Labute approximate surface area is 151 Å². The molecule has 0 aliphatic carbocycles. The molecule has 1 amide bonds. The number of aryl methyl sites for hydroxylation is 1. The molecule has 0 unspecified atom stereocenters. The molecule has 2 aromatic carbocycles. The van der Waals surface area contributed by atoms with Gasteiger partial charge in [0.25, 0.3) is 5.91 Å². The van der Waals surface area contributed by atoms with Crippen molar-refractivity contribution in [2.45, 2.75) is 13.3 Å². The maximum Gasteiger partial charge on any atom is 0.257 e. The van der Waals surface area contributed by atoms with Gasteiger partial charge in [-0.25, -0.2) is 4.39 Å². The zero-order valence-electron chi connectivity index (χ0n) is 14.4. The van der Waals surface area contributed by atoms with Crippen molar-refractivity contribution in [1.29, 1.82) is 0 Å². The van der Waals surface area contributed by atoms with Crippen LogP contribution in [0.15, 0.2) is 60.7 Å². The van der Waals surface area contributed by atoms with Crippen LogP contribution in [-0.4, -0.2) is 22.6 Å². The van der Waals surface area contributed by atoms with E-state index in [2.05, 4.69) is 20.8 Å². The number of halogens is 1. The predicted octanol–water partition coefficient (Wildman–Crippen LogP) is 3.83. The van der Waals surface area contributed by atoms with E-state index in [1.54, 1.807) is 30.3 Å². The Kier molecular flexibility index (Phi) is 5.53. The highest BCUT2D eigenvalue weighted by Crippen LogP contribution is 2.12. The topological polar surface area (TPSA) is 66.9 Å². The number of carbonyl (C=O) groups excluding carboxylic acids is 1. The first-order valence-corrected chi connectivity index (χ1v) is 8.31. The molecule has 2 N–H and O–H groups in total. The highest BCUT2D eigenvalue weighted by Gasteiger charge is 2.09. The number of nitrogens with zero attached hydrogens (tertiary/aromatic N) is 2. The second-order valence-corrected chi connectivity index (χ2v) is 5.84. The van der Waals surface area contributed by atoms with E-state index in [1.807, 2.05) is 31.2 Å². The molecular weight excluding hydrogens is 331 g/mol. The molecule has 0 saturated heterocycles. The van der Waals surface area contributed by atoms with E-state index < -0.39 is 0 Å². The fourth-order valence-electron chi connectivity index (χ4n) is 2.53. The van der Waals surface area contributed by atoms with Crippen LogP contribution in [0.4, 0.5) is 16.0 Å². The summed E-state index contributed by atoms with van der Waals surface area (Å²) >= 11 is 0. The van der Waals surface area contributed by atoms with Crippen LogP contribution in [0.1, 0.15) is 21.5 Å². The van der Waals surface area contributed by atoms with Crippen LogP contribution < -0.4 is 10.6 Å². The zero-order chi connectivity index (χ0) is 18.4. The van der Waals surface area contributed by atoms with Gasteiger partial charge in [-0.1, -0.05) is 36.4 Å². The SMILES string of the molecule is Cc1ccccc1C(=O)Nc1ccc(NCCc2ccccc2F)nn1.